The quantitative estimate of drug-likeness (QED) is 0.446. The Morgan fingerprint density at radius 3 is 1.25 bits per heavy atom. The van der Waals surface area contributed by atoms with Crippen LogP contribution in [-0.4, -0.2) is 44.6 Å². The molecule has 0 aromatic heterocycles. The van der Waals surface area contributed by atoms with E-state index in [0.29, 0.717) is 12.8 Å². The Balaban J connectivity index is 0. The van der Waals surface area contributed by atoms with Gasteiger partial charge in [-0.3, -0.25) is 9.59 Å². The van der Waals surface area contributed by atoms with E-state index >= 15 is 0 Å². The first-order chi connectivity index (χ1) is 7.27. The Morgan fingerprint density at radius 1 is 0.938 bits per heavy atom. The van der Waals surface area contributed by atoms with Crippen molar-refractivity contribution in [1.29, 1.82) is 0 Å². The number of carbonyl (C=O) groups is 2. The van der Waals surface area contributed by atoms with Crippen LogP contribution in [0.25, 0.3) is 0 Å². The molecule has 0 bridgehead atoms. The van der Waals surface area contributed by atoms with Crippen LogP contribution in [0, 0.1) is 0 Å². The molecule has 94 valence electrons. The molecule has 6 heteroatoms. The summed E-state index contributed by atoms with van der Waals surface area (Å²) in [6, 6.07) is 0. The molecule has 1 rings (SSSR count). The van der Waals surface area contributed by atoms with Crippen molar-refractivity contribution < 1.29 is 30.0 Å². The first-order valence-corrected chi connectivity index (χ1v) is 4.67. The third kappa shape index (κ3) is 18.4. The highest BCUT2D eigenvalue weighted by atomic mass is 16.4. The minimum atomic E-state index is -0.833. The van der Waals surface area contributed by atoms with E-state index in [0.717, 1.165) is 13.8 Å². The highest BCUT2D eigenvalue weighted by Gasteiger charge is 2.15. The molecule has 0 aliphatic heterocycles. The third-order valence-corrected chi connectivity index (χ3v) is 1.37. The smallest absolute Gasteiger partial charge is 0.300 e. The molecule has 0 saturated heterocycles. The van der Waals surface area contributed by atoms with Gasteiger partial charge in [0.15, 0.2) is 0 Å². The first kappa shape index (κ1) is 17.0. The maximum Gasteiger partial charge on any atom is 0.300 e. The zero-order chi connectivity index (χ0) is 13.1. The predicted molar refractivity (Wildman–Crippen MR) is 57.0 cm³/mol. The van der Waals surface area contributed by atoms with E-state index in [-0.39, 0.29) is 0 Å². The van der Waals surface area contributed by atoms with E-state index in [2.05, 4.69) is 0 Å². The van der Waals surface area contributed by atoms with Crippen LogP contribution in [0.3, 0.4) is 0 Å². The molecule has 1 aliphatic rings. The molecule has 0 fully saturated rings. The second kappa shape index (κ2) is 10.1. The minimum absolute atomic E-state index is 0.528. The summed E-state index contributed by atoms with van der Waals surface area (Å²) in [7, 11) is 0. The standard InChI is InChI=1S/C6H10O2.2C2H4O2/c7-5-3-1-2-4-6(5)8;2*1-2(3)4/h1-2,5-8H,3-4H2;2*1H3,(H,3,4). The van der Waals surface area contributed by atoms with Crippen molar-refractivity contribution in [3.8, 4) is 0 Å². The molecule has 2 unspecified atom stereocenters. The van der Waals surface area contributed by atoms with Gasteiger partial charge in [-0.2, -0.15) is 0 Å². The van der Waals surface area contributed by atoms with Crippen LogP contribution >= 0.6 is 0 Å². The molecule has 0 spiro atoms. The lowest BCUT2D eigenvalue weighted by atomic mass is 10.0. The van der Waals surface area contributed by atoms with Crippen LogP contribution in [0.2, 0.25) is 0 Å². The highest BCUT2D eigenvalue weighted by molar-refractivity contribution is 5.63. The van der Waals surface area contributed by atoms with Crippen LogP contribution in [0.1, 0.15) is 26.7 Å². The van der Waals surface area contributed by atoms with Gasteiger partial charge in [-0.05, 0) is 12.8 Å². The van der Waals surface area contributed by atoms with Crippen molar-refractivity contribution in [2.45, 2.75) is 38.9 Å². The van der Waals surface area contributed by atoms with Crippen molar-refractivity contribution in [3.05, 3.63) is 12.2 Å². The van der Waals surface area contributed by atoms with Gasteiger partial charge in [-0.1, -0.05) is 12.2 Å². The molecule has 1 aliphatic carbocycles. The number of carboxylic acid groups (broad SMARTS) is 2. The molecule has 0 radical (unpaired) electrons. The Kier molecular flexibility index (Phi) is 10.8. The van der Waals surface area contributed by atoms with Gasteiger partial charge < -0.3 is 20.4 Å². The van der Waals surface area contributed by atoms with E-state index in [4.69, 9.17) is 30.0 Å². The molecular formula is C10H18O6. The summed E-state index contributed by atoms with van der Waals surface area (Å²) >= 11 is 0. The number of aliphatic hydroxyl groups excluding tert-OH is 2. The zero-order valence-electron chi connectivity index (χ0n) is 9.33. The van der Waals surface area contributed by atoms with Crippen LogP contribution in [0.5, 0.6) is 0 Å². The predicted octanol–water partition coefficient (Wildman–Crippen LogP) is 0.240. The summed E-state index contributed by atoms with van der Waals surface area (Å²) in [4.78, 5) is 18.0. The lowest BCUT2D eigenvalue weighted by molar-refractivity contribution is -0.135. The molecule has 0 amide bonds. The largest absolute Gasteiger partial charge is 0.481 e. The van der Waals surface area contributed by atoms with Gasteiger partial charge in [-0.25, -0.2) is 0 Å². The minimum Gasteiger partial charge on any atom is -0.481 e. The summed E-state index contributed by atoms with van der Waals surface area (Å²) in [5.74, 6) is -1.67. The fourth-order valence-electron chi connectivity index (χ4n) is 0.785. The van der Waals surface area contributed by atoms with Gasteiger partial charge in [0.1, 0.15) is 0 Å². The van der Waals surface area contributed by atoms with Crippen molar-refractivity contribution in [2.24, 2.45) is 0 Å². The Hall–Kier alpha value is -1.40. The summed E-state index contributed by atoms with van der Waals surface area (Å²) < 4.78 is 0. The number of aliphatic carboxylic acids is 2. The number of hydrogen-bond donors (Lipinski definition) is 4. The zero-order valence-corrected chi connectivity index (χ0v) is 9.33. The fraction of sp³-hybridized carbons (Fsp3) is 0.600. The van der Waals surface area contributed by atoms with Gasteiger partial charge in [-0.15, -0.1) is 0 Å². The molecule has 0 saturated carbocycles. The SMILES string of the molecule is CC(=O)O.CC(=O)O.OC1CC=CCC1O. The van der Waals surface area contributed by atoms with Crippen LogP contribution in [0.15, 0.2) is 12.2 Å². The van der Waals surface area contributed by atoms with Crippen LogP contribution in [0.4, 0.5) is 0 Å². The average molecular weight is 234 g/mol. The maximum atomic E-state index is 9.00. The van der Waals surface area contributed by atoms with Gasteiger partial charge in [0.25, 0.3) is 11.9 Å². The summed E-state index contributed by atoms with van der Waals surface area (Å²) in [5, 5.41) is 32.6. The van der Waals surface area contributed by atoms with E-state index in [1.165, 1.54) is 0 Å². The van der Waals surface area contributed by atoms with Gasteiger partial charge in [0, 0.05) is 13.8 Å². The normalized spacial score (nSPS) is 22.0. The van der Waals surface area contributed by atoms with Crippen LogP contribution < -0.4 is 0 Å². The Labute approximate surface area is 93.8 Å². The molecule has 2 atom stereocenters. The van der Waals surface area contributed by atoms with Gasteiger partial charge in [0.2, 0.25) is 0 Å². The molecular weight excluding hydrogens is 216 g/mol. The van der Waals surface area contributed by atoms with E-state index in [9.17, 15) is 0 Å². The summed E-state index contributed by atoms with van der Waals surface area (Å²) in [6.45, 7) is 2.17. The van der Waals surface area contributed by atoms with E-state index < -0.39 is 24.1 Å². The van der Waals surface area contributed by atoms with E-state index in [1.54, 1.807) is 0 Å². The van der Waals surface area contributed by atoms with Crippen molar-refractivity contribution in [2.75, 3.05) is 0 Å². The van der Waals surface area contributed by atoms with Crippen molar-refractivity contribution in [3.63, 3.8) is 0 Å². The molecule has 16 heavy (non-hydrogen) atoms. The molecule has 0 aromatic carbocycles. The first-order valence-electron chi connectivity index (χ1n) is 4.67. The topological polar surface area (TPSA) is 115 Å². The number of carboxylic acids is 2. The fourth-order valence-corrected chi connectivity index (χ4v) is 0.785. The number of rotatable bonds is 0. The summed E-state index contributed by atoms with van der Waals surface area (Å²) in [5.41, 5.74) is 0. The number of hydrogen-bond acceptors (Lipinski definition) is 4. The van der Waals surface area contributed by atoms with E-state index in [1.807, 2.05) is 12.2 Å². The monoisotopic (exact) mass is 234 g/mol. The Morgan fingerprint density at radius 2 is 1.12 bits per heavy atom. The molecule has 6 nitrogen and oxygen atoms in total. The second-order valence-electron chi connectivity index (χ2n) is 3.12. The summed E-state index contributed by atoms with van der Waals surface area (Å²) in [6.07, 6.45) is 3.91. The van der Waals surface area contributed by atoms with Gasteiger partial charge in [0.05, 0.1) is 12.2 Å². The lowest BCUT2D eigenvalue weighted by Gasteiger charge is -2.17. The third-order valence-electron chi connectivity index (χ3n) is 1.37. The maximum absolute atomic E-state index is 9.00. The van der Waals surface area contributed by atoms with Crippen molar-refractivity contribution >= 4 is 11.9 Å². The average Bonchev–Trinajstić information content (AvgIpc) is 2.08. The highest BCUT2D eigenvalue weighted by Crippen LogP contribution is 2.10. The molecule has 0 heterocycles. The Bertz CT molecular complexity index is 203. The molecule has 4 N–H and O–H groups in total. The molecule has 0 aromatic rings. The second-order valence-corrected chi connectivity index (χ2v) is 3.12. The number of aliphatic hydroxyl groups is 2. The van der Waals surface area contributed by atoms with Crippen molar-refractivity contribution in [1.82, 2.24) is 0 Å². The lowest BCUT2D eigenvalue weighted by Crippen LogP contribution is -2.26. The van der Waals surface area contributed by atoms with Crippen LogP contribution in [-0.2, 0) is 9.59 Å². The van der Waals surface area contributed by atoms with Gasteiger partial charge >= 0.3 is 0 Å².